The van der Waals surface area contributed by atoms with Gasteiger partial charge in [0, 0.05) is 29.3 Å². The highest BCUT2D eigenvalue weighted by Crippen LogP contribution is 2.34. The van der Waals surface area contributed by atoms with Crippen LogP contribution in [0.5, 0.6) is 11.5 Å². The van der Waals surface area contributed by atoms with Crippen molar-refractivity contribution in [1.82, 2.24) is 9.97 Å². The lowest BCUT2D eigenvalue weighted by molar-refractivity contribution is -0.118. The third kappa shape index (κ3) is 3.03. The van der Waals surface area contributed by atoms with Gasteiger partial charge in [0.25, 0.3) is 0 Å². The third-order valence-electron chi connectivity index (χ3n) is 4.07. The minimum atomic E-state index is -0.0684. The van der Waals surface area contributed by atoms with Crippen LogP contribution in [0.1, 0.15) is 13.8 Å². The Morgan fingerprint density at radius 3 is 2.68 bits per heavy atom. The Morgan fingerprint density at radius 1 is 1.16 bits per heavy atom. The summed E-state index contributed by atoms with van der Waals surface area (Å²) in [7, 11) is 0. The molecule has 1 aliphatic rings. The van der Waals surface area contributed by atoms with Gasteiger partial charge in [-0.3, -0.25) is 4.79 Å². The molecule has 0 bridgehead atoms. The molecule has 1 amide bonds. The molecule has 0 aliphatic carbocycles. The standard InChI is InChI=1S/C19H19N3O3/c1-11(2)19(23)20-13-5-3-4-12(8-13)18-21-14-9-16-17(10-15(14)22-18)25-7-6-24-16/h3-5,8-11H,6-7H2,1-2H3,(H,20,23)(H,21,22). The van der Waals surface area contributed by atoms with Crippen molar-refractivity contribution in [3.8, 4) is 22.9 Å². The summed E-state index contributed by atoms with van der Waals surface area (Å²) in [5.74, 6) is 2.10. The van der Waals surface area contributed by atoms with Gasteiger partial charge in [-0.05, 0) is 12.1 Å². The summed E-state index contributed by atoms with van der Waals surface area (Å²) >= 11 is 0. The minimum Gasteiger partial charge on any atom is -0.486 e. The lowest BCUT2D eigenvalue weighted by Crippen LogP contribution is -2.17. The van der Waals surface area contributed by atoms with Crippen LogP contribution in [0.2, 0.25) is 0 Å². The van der Waals surface area contributed by atoms with E-state index in [1.807, 2.05) is 50.2 Å². The van der Waals surface area contributed by atoms with E-state index in [4.69, 9.17) is 9.47 Å². The van der Waals surface area contributed by atoms with E-state index < -0.39 is 0 Å². The zero-order valence-corrected chi connectivity index (χ0v) is 14.1. The van der Waals surface area contributed by atoms with Crippen molar-refractivity contribution < 1.29 is 14.3 Å². The second kappa shape index (κ2) is 6.12. The molecule has 0 unspecified atom stereocenters. The molecule has 0 saturated carbocycles. The molecule has 6 heteroatoms. The fourth-order valence-electron chi connectivity index (χ4n) is 2.71. The molecule has 6 nitrogen and oxygen atoms in total. The summed E-state index contributed by atoms with van der Waals surface area (Å²) in [6, 6.07) is 11.4. The number of imidazole rings is 1. The number of amides is 1. The lowest BCUT2D eigenvalue weighted by Gasteiger charge is -2.17. The van der Waals surface area contributed by atoms with Gasteiger partial charge in [-0.15, -0.1) is 0 Å². The molecule has 4 rings (SSSR count). The molecule has 0 radical (unpaired) electrons. The van der Waals surface area contributed by atoms with Crippen molar-refractivity contribution >= 4 is 22.6 Å². The summed E-state index contributed by atoms with van der Waals surface area (Å²) in [4.78, 5) is 19.8. The monoisotopic (exact) mass is 337 g/mol. The van der Waals surface area contributed by atoms with Crippen LogP contribution in [0.3, 0.4) is 0 Å². The quantitative estimate of drug-likeness (QED) is 0.766. The molecule has 0 spiro atoms. The van der Waals surface area contributed by atoms with Crippen LogP contribution in [0.25, 0.3) is 22.4 Å². The number of H-pyrrole nitrogens is 1. The first-order chi connectivity index (χ1) is 12.1. The number of carbonyl (C=O) groups is 1. The smallest absolute Gasteiger partial charge is 0.226 e. The van der Waals surface area contributed by atoms with E-state index in [-0.39, 0.29) is 11.8 Å². The highest BCUT2D eigenvalue weighted by molar-refractivity contribution is 5.92. The average molecular weight is 337 g/mol. The number of carbonyl (C=O) groups excluding carboxylic acids is 1. The van der Waals surface area contributed by atoms with E-state index in [9.17, 15) is 4.79 Å². The molecular formula is C19H19N3O3. The first-order valence-electron chi connectivity index (χ1n) is 8.31. The fraction of sp³-hybridized carbons (Fsp3) is 0.263. The fourth-order valence-corrected chi connectivity index (χ4v) is 2.71. The summed E-state index contributed by atoms with van der Waals surface area (Å²) < 4.78 is 11.2. The van der Waals surface area contributed by atoms with Crippen LogP contribution < -0.4 is 14.8 Å². The Kier molecular flexibility index (Phi) is 3.80. The van der Waals surface area contributed by atoms with Gasteiger partial charge in [-0.1, -0.05) is 26.0 Å². The van der Waals surface area contributed by atoms with Gasteiger partial charge in [0.2, 0.25) is 5.91 Å². The van der Waals surface area contributed by atoms with Crippen molar-refractivity contribution in [1.29, 1.82) is 0 Å². The molecule has 1 aromatic heterocycles. The molecule has 0 fully saturated rings. The average Bonchev–Trinajstić information content (AvgIpc) is 3.02. The normalized spacial score (nSPS) is 13.2. The second-order valence-electron chi connectivity index (χ2n) is 6.32. The molecule has 2 aromatic carbocycles. The van der Waals surface area contributed by atoms with Crippen molar-refractivity contribution in [3.63, 3.8) is 0 Å². The summed E-state index contributed by atoms with van der Waals surface area (Å²) in [6.07, 6.45) is 0. The molecule has 2 N–H and O–H groups in total. The summed E-state index contributed by atoms with van der Waals surface area (Å²) in [6.45, 7) is 4.83. The van der Waals surface area contributed by atoms with Crippen LogP contribution in [-0.4, -0.2) is 29.1 Å². The molecular weight excluding hydrogens is 318 g/mol. The van der Waals surface area contributed by atoms with Gasteiger partial charge in [-0.2, -0.15) is 0 Å². The number of anilines is 1. The summed E-state index contributed by atoms with van der Waals surface area (Å²) in [5, 5.41) is 2.91. The van der Waals surface area contributed by atoms with Gasteiger partial charge >= 0.3 is 0 Å². The van der Waals surface area contributed by atoms with Gasteiger partial charge in [-0.25, -0.2) is 4.98 Å². The van der Waals surface area contributed by atoms with Crippen molar-refractivity contribution in [2.24, 2.45) is 5.92 Å². The van der Waals surface area contributed by atoms with E-state index in [1.165, 1.54) is 0 Å². The third-order valence-corrected chi connectivity index (χ3v) is 4.07. The van der Waals surface area contributed by atoms with Crippen LogP contribution in [0, 0.1) is 5.92 Å². The minimum absolute atomic E-state index is 0.0104. The van der Waals surface area contributed by atoms with Crippen LogP contribution >= 0.6 is 0 Å². The largest absolute Gasteiger partial charge is 0.486 e. The highest BCUT2D eigenvalue weighted by Gasteiger charge is 2.15. The number of ether oxygens (including phenoxy) is 2. The number of nitrogens with one attached hydrogen (secondary N) is 2. The number of benzene rings is 2. The van der Waals surface area contributed by atoms with Crippen molar-refractivity contribution in [2.45, 2.75) is 13.8 Å². The second-order valence-corrected chi connectivity index (χ2v) is 6.32. The van der Waals surface area contributed by atoms with E-state index in [2.05, 4.69) is 15.3 Å². The molecule has 25 heavy (non-hydrogen) atoms. The first kappa shape index (κ1) is 15.5. The SMILES string of the molecule is CC(C)C(=O)Nc1cccc(-c2nc3cc4c(cc3[nH]2)OCCO4)c1. The van der Waals surface area contributed by atoms with E-state index >= 15 is 0 Å². The topological polar surface area (TPSA) is 76.2 Å². The number of hydrogen-bond acceptors (Lipinski definition) is 4. The summed E-state index contributed by atoms with van der Waals surface area (Å²) in [5.41, 5.74) is 3.35. The lowest BCUT2D eigenvalue weighted by atomic mass is 10.1. The molecule has 1 aliphatic heterocycles. The molecule has 0 saturated heterocycles. The van der Waals surface area contributed by atoms with E-state index in [0.29, 0.717) is 13.2 Å². The van der Waals surface area contributed by atoms with Gasteiger partial charge in [0.1, 0.15) is 19.0 Å². The Bertz CT molecular complexity index is 903. The molecule has 0 atom stereocenters. The van der Waals surface area contributed by atoms with Crippen LogP contribution in [-0.2, 0) is 4.79 Å². The maximum atomic E-state index is 11.9. The van der Waals surface area contributed by atoms with E-state index in [1.54, 1.807) is 0 Å². The Hall–Kier alpha value is -3.02. The number of hydrogen-bond donors (Lipinski definition) is 2. The maximum absolute atomic E-state index is 11.9. The number of nitrogens with zero attached hydrogens (tertiary/aromatic N) is 1. The van der Waals surface area contributed by atoms with Crippen molar-refractivity contribution in [2.75, 3.05) is 18.5 Å². The van der Waals surface area contributed by atoms with Crippen LogP contribution in [0.4, 0.5) is 5.69 Å². The predicted octanol–water partition coefficient (Wildman–Crippen LogP) is 3.60. The van der Waals surface area contributed by atoms with Gasteiger partial charge in [0.05, 0.1) is 11.0 Å². The molecule has 128 valence electrons. The van der Waals surface area contributed by atoms with Gasteiger partial charge in [0.15, 0.2) is 11.5 Å². The Morgan fingerprint density at radius 2 is 1.92 bits per heavy atom. The Labute approximate surface area is 145 Å². The number of rotatable bonds is 3. The van der Waals surface area contributed by atoms with E-state index in [0.717, 1.165) is 39.6 Å². The first-order valence-corrected chi connectivity index (χ1v) is 8.31. The van der Waals surface area contributed by atoms with Crippen molar-refractivity contribution in [3.05, 3.63) is 36.4 Å². The zero-order valence-electron chi connectivity index (χ0n) is 14.1. The Balaban J connectivity index is 1.68. The highest BCUT2D eigenvalue weighted by atomic mass is 16.6. The number of fused-ring (bicyclic) bond motifs is 2. The van der Waals surface area contributed by atoms with Crippen LogP contribution in [0.15, 0.2) is 36.4 Å². The zero-order chi connectivity index (χ0) is 17.4. The molecule has 2 heterocycles. The number of aromatic amines is 1. The predicted molar refractivity (Wildman–Crippen MR) is 96.0 cm³/mol. The molecule has 3 aromatic rings. The number of aromatic nitrogens is 2. The van der Waals surface area contributed by atoms with Gasteiger partial charge < -0.3 is 19.8 Å². The maximum Gasteiger partial charge on any atom is 0.226 e.